The van der Waals surface area contributed by atoms with Gasteiger partial charge in [0.15, 0.2) is 0 Å². The molecule has 1 aliphatic rings. The van der Waals surface area contributed by atoms with E-state index in [0.717, 1.165) is 16.4 Å². The van der Waals surface area contributed by atoms with Gasteiger partial charge in [0.25, 0.3) is 0 Å². The maximum Gasteiger partial charge on any atom is 0.387 e. The highest BCUT2D eigenvalue weighted by atomic mass is 35.5. The first-order valence-electron chi connectivity index (χ1n) is 6.60. The van der Waals surface area contributed by atoms with Crippen LogP contribution in [0.5, 0.6) is 5.75 Å². The van der Waals surface area contributed by atoms with Crippen LogP contribution in [0.1, 0.15) is 6.92 Å². The minimum absolute atomic E-state index is 0.0278. The molecule has 1 aromatic carbocycles. The van der Waals surface area contributed by atoms with E-state index in [1.165, 1.54) is 6.07 Å². The number of halogens is 3. The molecule has 1 aromatic rings. The van der Waals surface area contributed by atoms with Crippen LogP contribution in [0.2, 0.25) is 5.02 Å². The van der Waals surface area contributed by atoms with Gasteiger partial charge < -0.3 is 9.84 Å². The van der Waals surface area contributed by atoms with E-state index in [9.17, 15) is 22.0 Å². The maximum absolute atomic E-state index is 12.7. The molecular formula is C13H14ClF2NO5S. The van der Waals surface area contributed by atoms with E-state index >= 15 is 0 Å². The summed E-state index contributed by atoms with van der Waals surface area (Å²) in [5.74, 6) is -2.90. The number of hydrogen-bond acceptors (Lipinski definition) is 4. The zero-order valence-corrected chi connectivity index (χ0v) is 13.5. The van der Waals surface area contributed by atoms with Gasteiger partial charge in [0, 0.05) is 18.1 Å². The van der Waals surface area contributed by atoms with Crippen molar-refractivity contribution in [3.05, 3.63) is 23.2 Å². The highest BCUT2D eigenvalue weighted by Crippen LogP contribution is 2.34. The summed E-state index contributed by atoms with van der Waals surface area (Å²) in [6.07, 6.45) is 0. The van der Waals surface area contributed by atoms with Crippen LogP contribution in [0.15, 0.2) is 23.1 Å². The van der Waals surface area contributed by atoms with Crippen molar-refractivity contribution in [1.82, 2.24) is 4.31 Å². The molecule has 6 nitrogen and oxygen atoms in total. The van der Waals surface area contributed by atoms with Crippen LogP contribution in [0.3, 0.4) is 0 Å². The number of carboxylic acids is 1. The predicted octanol–water partition coefficient (Wildman–Crippen LogP) is 2.28. The SMILES string of the molecule is C[C@@H]1CN(S(=O)(=O)c2cc(Cl)ccc2OC(F)F)C[C@H]1C(=O)O. The van der Waals surface area contributed by atoms with Crippen LogP contribution in [0.25, 0.3) is 0 Å². The summed E-state index contributed by atoms with van der Waals surface area (Å²) in [5, 5.41) is 9.12. The van der Waals surface area contributed by atoms with E-state index < -0.39 is 45.1 Å². The van der Waals surface area contributed by atoms with E-state index in [0.29, 0.717) is 0 Å². The largest absolute Gasteiger partial charge is 0.481 e. The number of benzene rings is 1. The van der Waals surface area contributed by atoms with Crippen LogP contribution in [-0.2, 0) is 14.8 Å². The molecule has 10 heteroatoms. The van der Waals surface area contributed by atoms with Gasteiger partial charge in [-0.15, -0.1) is 0 Å². The molecule has 0 unspecified atom stereocenters. The van der Waals surface area contributed by atoms with Gasteiger partial charge in [0.1, 0.15) is 10.6 Å². The summed E-state index contributed by atoms with van der Waals surface area (Å²) < 4.78 is 55.4. The summed E-state index contributed by atoms with van der Waals surface area (Å²) in [5.41, 5.74) is 0. The van der Waals surface area contributed by atoms with Gasteiger partial charge in [-0.3, -0.25) is 4.79 Å². The zero-order chi connectivity index (χ0) is 17.4. The molecule has 0 aromatic heterocycles. The second kappa shape index (κ2) is 6.58. The first kappa shape index (κ1) is 17.9. The molecule has 2 atom stereocenters. The van der Waals surface area contributed by atoms with Crippen LogP contribution < -0.4 is 4.74 Å². The number of aliphatic carboxylic acids is 1. The Labute approximate surface area is 136 Å². The fraction of sp³-hybridized carbons (Fsp3) is 0.462. The van der Waals surface area contributed by atoms with Gasteiger partial charge >= 0.3 is 12.6 Å². The van der Waals surface area contributed by atoms with Crippen molar-refractivity contribution < 1.29 is 31.8 Å². The molecule has 1 aliphatic heterocycles. The summed E-state index contributed by atoms with van der Waals surface area (Å²) >= 11 is 5.75. The normalized spacial score (nSPS) is 22.5. The van der Waals surface area contributed by atoms with E-state index in [4.69, 9.17) is 16.7 Å². The van der Waals surface area contributed by atoms with Crippen molar-refractivity contribution in [3.8, 4) is 5.75 Å². The molecule has 0 saturated carbocycles. The van der Waals surface area contributed by atoms with E-state index in [1.54, 1.807) is 6.92 Å². The lowest BCUT2D eigenvalue weighted by Gasteiger charge is -2.18. The third kappa shape index (κ3) is 3.73. The van der Waals surface area contributed by atoms with Crippen LogP contribution in [0, 0.1) is 11.8 Å². The van der Waals surface area contributed by atoms with Gasteiger partial charge in [0.2, 0.25) is 10.0 Å². The number of nitrogens with zero attached hydrogens (tertiary/aromatic N) is 1. The smallest absolute Gasteiger partial charge is 0.387 e. The minimum atomic E-state index is -4.21. The topological polar surface area (TPSA) is 83.9 Å². The molecule has 1 fully saturated rings. The van der Waals surface area contributed by atoms with Crippen molar-refractivity contribution >= 4 is 27.6 Å². The molecule has 0 bridgehead atoms. The number of rotatable bonds is 5. The highest BCUT2D eigenvalue weighted by Gasteiger charge is 2.41. The second-order valence-corrected chi connectivity index (χ2v) is 7.56. The molecule has 0 aliphatic carbocycles. The third-order valence-corrected chi connectivity index (χ3v) is 5.72. The van der Waals surface area contributed by atoms with Crippen LogP contribution in [-0.4, -0.2) is 43.5 Å². The number of hydrogen-bond donors (Lipinski definition) is 1. The number of carbonyl (C=O) groups is 1. The molecular weight excluding hydrogens is 356 g/mol. The Hall–Kier alpha value is -1.45. The summed E-state index contributed by atoms with van der Waals surface area (Å²) in [4.78, 5) is 10.6. The van der Waals surface area contributed by atoms with Gasteiger partial charge in [-0.05, 0) is 24.1 Å². The van der Waals surface area contributed by atoms with Gasteiger partial charge in [0.05, 0.1) is 5.92 Å². The van der Waals surface area contributed by atoms with E-state index in [1.807, 2.05) is 0 Å². The monoisotopic (exact) mass is 369 g/mol. The Morgan fingerprint density at radius 2 is 2.09 bits per heavy atom. The summed E-state index contributed by atoms with van der Waals surface area (Å²) in [7, 11) is -4.21. The fourth-order valence-electron chi connectivity index (χ4n) is 2.46. The number of sulfonamides is 1. The third-order valence-electron chi connectivity index (χ3n) is 3.64. The van der Waals surface area contributed by atoms with Crippen LogP contribution >= 0.6 is 11.6 Å². The second-order valence-electron chi connectivity index (χ2n) is 5.21. The number of carboxylic acid groups (broad SMARTS) is 1. The standard InChI is InChI=1S/C13H14ClF2NO5S/c1-7-5-17(6-9(7)12(18)19)23(20,21)11-4-8(14)2-3-10(11)22-13(15)16/h2-4,7,9,13H,5-6H2,1H3,(H,18,19)/t7-,9-/m1/s1. The maximum atomic E-state index is 12.7. The van der Waals surface area contributed by atoms with Crippen molar-refractivity contribution in [2.45, 2.75) is 18.4 Å². The first-order chi connectivity index (χ1) is 10.6. The first-order valence-corrected chi connectivity index (χ1v) is 8.42. The average Bonchev–Trinajstić information content (AvgIpc) is 2.83. The van der Waals surface area contributed by atoms with Crippen molar-refractivity contribution in [1.29, 1.82) is 0 Å². The molecule has 0 spiro atoms. The lowest BCUT2D eigenvalue weighted by atomic mass is 9.99. The molecule has 1 saturated heterocycles. The number of ether oxygens (including phenoxy) is 1. The Bertz CT molecular complexity index is 712. The van der Waals surface area contributed by atoms with Crippen LogP contribution in [0.4, 0.5) is 8.78 Å². The minimum Gasteiger partial charge on any atom is -0.481 e. The lowest BCUT2D eigenvalue weighted by Crippen LogP contribution is -2.30. The quantitative estimate of drug-likeness (QED) is 0.860. The Balaban J connectivity index is 2.40. The molecule has 23 heavy (non-hydrogen) atoms. The lowest BCUT2D eigenvalue weighted by molar-refractivity contribution is -0.142. The molecule has 2 rings (SSSR count). The fourth-order valence-corrected chi connectivity index (χ4v) is 4.41. The van der Waals surface area contributed by atoms with E-state index in [-0.39, 0.29) is 18.1 Å². The Morgan fingerprint density at radius 3 is 2.61 bits per heavy atom. The summed E-state index contributed by atoms with van der Waals surface area (Å²) in [6, 6.07) is 3.27. The summed E-state index contributed by atoms with van der Waals surface area (Å²) in [6.45, 7) is -1.85. The average molecular weight is 370 g/mol. The van der Waals surface area contributed by atoms with Gasteiger partial charge in [-0.2, -0.15) is 13.1 Å². The van der Waals surface area contributed by atoms with E-state index in [2.05, 4.69) is 4.74 Å². The predicted molar refractivity (Wildman–Crippen MR) is 77.1 cm³/mol. The highest BCUT2D eigenvalue weighted by molar-refractivity contribution is 7.89. The molecule has 1 heterocycles. The van der Waals surface area contributed by atoms with Gasteiger partial charge in [-0.25, -0.2) is 8.42 Å². The molecule has 0 radical (unpaired) electrons. The molecule has 0 amide bonds. The zero-order valence-electron chi connectivity index (χ0n) is 11.9. The van der Waals surface area contributed by atoms with Crippen molar-refractivity contribution in [2.75, 3.05) is 13.1 Å². The molecule has 1 N–H and O–H groups in total. The van der Waals surface area contributed by atoms with Gasteiger partial charge in [-0.1, -0.05) is 18.5 Å². The number of alkyl halides is 2. The Kier molecular flexibility index (Phi) is 5.12. The van der Waals surface area contributed by atoms with Crippen molar-refractivity contribution in [3.63, 3.8) is 0 Å². The molecule has 128 valence electrons. The Morgan fingerprint density at radius 1 is 1.43 bits per heavy atom. The van der Waals surface area contributed by atoms with Crippen molar-refractivity contribution in [2.24, 2.45) is 11.8 Å².